The molecule has 2 unspecified atom stereocenters. The maximum Gasteiger partial charge on any atom is 0.236 e. The van der Waals surface area contributed by atoms with Crippen LogP contribution in [0.3, 0.4) is 0 Å². The van der Waals surface area contributed by atoms with E-state index in [4.69, 9.17) is 5.73 Å². The predicted molar refractivity (Wildman–Crippen MR) is 70.7 cm³/mol. The fourth-order valence-corrected chi connectivity index (χ4v) is 2.46. The third-order valence-corrected chi connectivity index (χ3v) is 3.81. The van der Waals surface area contributed by atoms with Gasteiger partial charge in [0.05, 0.1) is 6.04 Å². The molecule has 1 aliphatic carbocycles. The molecule has 0 bridgehead atoms. The van der Waals surface area contributed by atoms with Crippen LogP contribution in [0.1, 0.15) is 46.5 Å². The predicted octanol–water partition coefficient (Wildman–Crippen LogP) is 1.10. The monoisotopic (exact) mass is 241 g/mol. The zero-order chi connectivity index (χ0) is 13.0. The number of rotatable bonds is 4. The SMILES string of the molecule is CC(C)N(C)C1CCCCC1NC(=O)[C@H](C)N. The molecule has 0 saturated heterocycles. The zero-order valence-corrected chi connectivity index (χ0v) is 11.6. The summed E-state index contributed by atoms with van der Waals surface area (Å²) in [6, 6.07) is 0.802. The molecular formula is C13H27N3O. The van der Waals surface area contributed by atoms with Gasteiger partial charge in [0.1, 0.15) is 0 Å². The van der Waals surface area contributed by atoms with Gasteiger partial charge in [0.2, 0.25) is 5.91 Å². The number of nitrogens with zero attached hydrogens (tertiary/aromatic N) is 1. The molecule has 0 aliphatic heterocycles. The molecule has 17 heavy (non-hydrogen) atoms. The van der Waals surface area contributed by atoms with E-state index < -0.39 is 6.04 Å². The molecule has 100 valence electrons. The van der Waals surface area contributed by atoms with Gasteiger partial charge in [-0.25, -0.2) is 0 Å². The molecular weight excluding hydrogens is 214 g/mol. The molecule has 4 nitrogen and oxygen atoms in total. The minimum absolute atomic E-state index is 0.0287. The van der Waals surface area contributed by atoms with Crippen LogP contribution in [0.5, 0.6) is 0 Å². The topological polar surface area (TPSA) is 58.4 Å². The van der Waals surface area contributed by atoms with E-state index in [-0.39, 0.29) is 11.9 Å². The van der Waals surface area contributed by atoms with Crippen molar-refractivity contribution in [1.29, 1.82) is 0 Å². The fraction of sp³-hybridized carbons (Fsp3) is 0.923. The van der Waals surface area contributed by atoms with Crippen LogP contribution >= 0.6 is 0 Å². The Kier molecular flexibility index (Phi) is 5.40. The zero-order valence-electron chi connectivity index (χ0n) is 11.6. The first-order valence-electron chi connectivity index (χ1n) is 6.71. The van der Waals surface area contributed by atoms with E-state index in [9.17, 15) is 4.79 Å². The molecule has 1 saturated carbocycles. The standard InChI is InChI=1S/C13H27N3O/c1-9(2)16(4)12-8-6-5-7-11(12)15-13(17)10(3)14/h9-12H,5-8,14H2,1-4H3,(H,15,17)/t10-,11?,12?/m0/s1. The Bertz CT molecular complexity index is 253. The van der Waals surface area contributed by atoms with Crippen LogP contribution in [0.15, 0.2) is 0 Å². The first-order chi connectivity index (χ1) is 7.93. The molecule has 1 aliphatic rings. The highest BCUT2D eigenvalue weighted by molar-refractivity contribution is 5.81. The van der Waals surface area contributed by atoms with Crippen LogP contribution in [-0.4, -0.2) is 42.0 Å². The molecule has 3 N–H and O–H groups in total. The molecule has 1 amide bonds. The summed E-state index contributed by atoms with van der Waals surface area (Å²) in [6.45, 7) is 6.12. The minimum Gasteiger partial charge on any atom is -0.350 e. The van der Waals surface area contributed by atoms with Crippen molar-refractivity contribution in [2.45, 2.75) is 70.6 Å². The molecule has 0 aromatic rings. The van der Waals surface area contributed by atoms with E-state index in [1.165, 1.54) is 19.3 Å². The van der Waals surface area contributed by atoms with Gasteiger partial charge in [0, 0.05) is 18.1 Å². The van der Waals surface area contributed by atoms with Crippen LogP contribution in [0.25, 0.3) is 0 Å². The second kappa shape index (κ2) is 6.36. The van der Waals surface area contributed by atoms with Gasteiger partial charge in [-0.3, -0.25) is 9.69 Å². The van der Waals surface area contributed by atoms with Crippen LogP contribution in [-0.2, 0) is 4.79 Å². The number of nitrogens with one attached hydrogen (secondary N) is 1. The molecule has 0 radical (unpaired) electrons. The highest BCUT2D eigenvalue weighted by Gasteiger charge is 2.30. The summed E-state index contributed by atoms with van der Waals surface area (Å²) >= 11 is 0. The largest absolute Gasteiger partial charge is 0.350 e. The van der Waals surface area contributed by atoms with Crippen LogP contribution < -0.4 is 11.1 Å². The smallest absolute Gasteiger partial charge is 0.236 e. The Morgan fingerprint density at radius 1 is 1.29 bits per heavy atom. The van der Waals surface area contributed by atoms with Crippen molar-refractivity contribution in [3.05, 3.63) is 0 Å². The van der Waals surface area contributed by atoms with Crippen molar-refractivity contribution < 1.29 is 4.79 Å². The van der Waals surface area contributed by atoms with Crippen molar-refractivity contribution in [1.82, 2.24) is 10.2 Å². The van der Waals surface area contributed by atoms with Gasteiger partial charge in [-0.05, 0) is 40.7 Å². The number of amides is 1. The van der Waals surface area contributed by atoms with E-state index in [0.717, 1.165) is 6.42 Å². The molecule has 1 fully saturated rings. The van der Waals surface area contributed by atoms with Crippen molar-refractivity contribution in [2.24, 2.45) is 5.73 Å². The summed E-state index contributed by atoms with van der Waals surface area (Å²) < 4.78 is 0. The van der Waals surface area contributed by atoms with Crippen molar-refractivity contribution >= 4 is 5.91 Å². The van der Waals surface area contributed by atoms with Gasteiger partial charge in [-0.1, -0.05) is 12.8 Å². The lowest BCUT2D eigenvalue weighted by Crippen LogP contribution is -2.56. The molecule has 0 aromatic heterocycles. The Morgan fingerprint density at radius 2 is 1.88 bits per heavy atom. The Labute approximate surface area is 105 Å². The summed E-state index contributed by atoms with van der Waals surface area (Å²) in [5.41, 5.74) is 5.61. The maximum absolute atomic E-state index is 11.7. The number of carbonyl (C=O) groups excluding carboxylic acids is 1. The summed E-state index contributed by atoms with van der Waals surface area (Å²) in [7, 11) is 2.14. The van der Waals surface area contributed by atoms with Crippen LogP contribution in [0, 0.1) is 0 Å². The summed E-state index contributed by atoms with van der Waals surface area (Å²) in [6.07, 6.45) is 4.69. The normalized spacial score (nSPS) is 27.2. The molecule has 3 atom stereocenters. The lowest BCUT2D eigenvalue weighted by atomic mass is 9.88. The van der Waals surface area contributed by atoms with E-state index >= 15 is 0 Å². The van der Waals surface area contributed by atoms with Crippen molar-refractivity contribution in [3.8, 4) is 0 Å². The third kappa shape index (κ3) is 3.96. The molecule has 0 aromatic carbocycles. The molecule has 0 heterocycles. The molecule has 4 heteroatoms. The lowest BCUT2D eigenvalue weighted by molar-refractivity contribution is -0.123. The molecule has 0 spiro atoms. The quantitative estimate of drug-likeness (QED) is 0.775. The van der Waals surface area contributed by atoms with Gasteiger partial charge in [-0.15, -0.1) is 0 Å². The molecule has 1 rings (SSSR count). The number of nitrogens with two attached hydrogens (primary N) is 1. The van der Waals surface area contributed by atoms with E-state index in [0.29, 0.717) is 12.1 Å². The Hall–Kier alpha value is -0.610. The number of carbonyl (C=O) groups is 1. The van der Waals surface area contributed by atoms with Gasteiger partial charge < -0.3 is 11.1 Å². The lowest BCUT2D eigenvalue weighted by Gasteiger charge is -2.40. The highest BCUT2D eigenvalue weighted by Crippen LogP contribution is 2.23. The van der Waals surface area contributed by atoms with Crippen LogP contribution in [0.4, 0.5) is 0 Å². The maximum atomic E-state index is 11.7. The Balaban J connectivity index is 2.62. The third-order valence-electron chi connectivity index (χ3n) is 3.81. The summed E-state index contributed by atoms with van der Waals surface area (Å²) in [4.78, 5) is 14.1. The fourth-order valence-electron chi connectivity index (χ4n) is 2.46. The number of hydrogen-bond acceptors (Lipinski definition) is 3. The second-order valence-corrected chi connectivity index (χ2v) is 5.51. The average Bonchev–Trinajstić information content (AvgIpc) is 2.28. The first kappa shape index (κ1) is 14.5. The van der Waals surface area contributed by atoms with Crippen molar-refractivity contribution in [2.75, 3.05) is 7.05 Å². The second-order valence-electron chi connectivity index (χ2n) is 5.51. The van der Waals surface area contributed by atoms with Crippen LogP contribution in [0.2, 0.25) is 0 Å². The van der Waals surface area contributed by atoms with Crippen molar-refractivity contribution in [3.63, 3.8) is 0 Å². The number of likely N-dealkylation sites (N-methyl/N-ethyl adjacent to an activating group) is 1. The van der Waals surface area contributed by atoms with E-state index in [1.54, 1.807) is 6.92 Å². The summed E-state index contributed by atoms with van der Waals surface area (Å²) in [5.74, 6) is -0.0287. The van der Waals surface area contributed by atoms with Gasteiger partial charge in [-0.2, -0.15) is 0 Å². The van der Waals surface area contributed by atoms with E-state index in [2.05, 4.69) is 31.1 Å². The number of hydrogen-bond donors (Lipinski definition) is 2. The van der Waals surface area contributed by atoms with Gasteiger partial charge >= 0.3 is 0 Å². The van der Waals surface area contributed by atoms with Gasteiger partial charge in [0.15, 0.2) is 0 Å². The Morgan fingerprint density at radius 3 is 2.41 bits per heavy atom. The minimum atomic E-state index is -0.415. The van der Waals surface area contributed by atoms with Gasteiger partial charge in [0.25, 0.3) is 0 Å². The van der Waals surface area contributed by atoms with E-state index in [1.807, 2.05) is 0 Å². The first-order valence-corrected chi connectivity index (χ1v) is 6.71. The highest BCUT2D eigenvalue weighted by atomic mass is 16.2. The summed E-state index contributed by atoms with van der Waals surface area (Å²) in [5, 5.41) is 3.10. The average molecular weight is 241 g/mol.